The third kappa shape index (κ3) is 11.3. The van der Waals surface area contributed by atoms with E-state index in [-0.39, 0.29) is 41.8 Å². The Hall–Kier alpha value is -6.08. The van der Waals surface area contributed by atoms with Gasteiger partial charge >= 0.3 is 0 Å². The van der Waals surface area contributed by atoms with E-state index in [0.29, 0.717) is 68.2 Å². The number of ketones is 2. The lowest BCUT2D eigenvalue weighted by Gasteiger charge is -2.14. The van der Waals surface area contributed by atoms with Crippen LogP contribution >= 0.6 is 12.4 Å². The maximum absolute atomic E-state index is 15.5. The van der Waals surface area contributed by atoms with Crippen molar-refractivity contribution in [3.05, 3.63) is 166 Å². The van der Waals surface area contributed by atoms with Gasteiger partial charge in [-0.1, -0.05) is 72.8 Å². The van der Waals surface area contributed by atoms with Crippen molar-refractivity contribution in [2.45, 2.75) is 26.7 Å². The first-order valence-electron chi connectivity index (χ1n) is 17.3. The third-order valence-electron chi connectivity index (χ3n) is 8.91. The van der Waals surface area contributed by atoms with Gasteiger partial charge in [-0.3, -0.25) is 14.3 Å². The molecule has 0 aromatic heterocycles. The lowest BCUT2D eigenvalue weighted by molar-refractivity contribution is 0.100. The van der Waals surface area contributed by atoms with Crippen molar-refractivity contribution in [3.8, 4) is 33.8 Å². The molecule has 5 N–H and O–H groups in total. The van der Waals surface area contributed by atoms with Gasteiger partial charge in [0.25, 0.3) is 10.2 Å². The lowest BCUT2D eigenvalue weighted by Crippen LogP contribution is -2.21. The van der Waals surface area contributed by atoms with Crippen LogP contribution in [0.25, 0.3) is 22.3 Å². The minimum Gasteiger partial charge on any atom is -0.496 e. The fraction of sp³-hybridized carbons (Fsp3) is 0.136. The highest BCUT2D eigenvalue weighted by atomic mass is 35.5. The summed E-state index contributed by atoms with van der Waals surface area (Å²) in [6.07, 6.45) is 0.723. The van der Waals surface area contributed by atoms with E-state index in [2.05, 4.69) is 4.72 Å². The number of hydrogen-bond acceptors (Lipinski definition) is 7. The van der Waals surface area contributed by atoms with Crippen LogP contribution in [0.2, 0.25) is 0 Å². The van der Waals surface area contributed by atoms with Crippen LogP contribution in [0.3, 0.4) is 0 Å². The molecule has 13 heteroatoms. The minimum absolute atomic E-state index is 0. The second-order valence-electron chi connectivity index (χ2n) is 12.9. The molecule has 0 heterocycles. The summed E-state index contributed by atoms with van der Waals surface area (Å²) >= 11 is 0. The van der Waals surface area contributed by atoms with Gasteiger partial charge in [0.2, 0.25) is 0 Å². The standard InChI is InChI=1S/C22H21FN2O4S.C22H20FNO2.ClH/c1-14(26)16-4-3-5-17(13-16)21-20(29-2)11-8-18(22(21)23)12-15-6-9-19(10-7-15)25-30(24,27)28;1-14(25)16-4-3-5-17(13-16)21-20(26-2)11-8-18(22(21)23)12-15-6-9-19(24)10-7-15;/h3-11,13,25H,12H2,1-2H3,(H2,24,27,28);3-11,13H,12,24H2,1-2H3;1H. The second kappa shape index (κ2) is 19.2. The number of Topliss-reactive ketones (excluding diaryl/α,β-unsaturated/α-hetero) is 2. The molecule has 296 valence electrons. The molecule has 0 saturated carbocycles. The number of anilines is 2. The highest BCUT2D eigenvalue weighted by Gasteiger charge is 2.19. The Morgan fingerprint density at radius 3 is 1.40 bits per heavy atom. The van der Waals surface area contributed by atoms with Crippen molar-refractivity contribution in [2.75, 3.05) is 24.7 Å². The number of hydrogen-bond donors (Lipinski definition) is 3. The predicted octanol–water partition coefficient (Wildman–Crippen LogP) is 9.21. The van der Waals surface area contributed by atoms with Crippen LogP contribution in [0.1, 0.15) is 56.8 Å². The SMILES string of the molecule is COc1ccc(Cc2ccc(N)cc2)c(F)c1-c1cccc(C(C)=O)c1.COc1ccc(Cc2ccc(NS(N)(=O)=O)cc2)c(F)c1-c1cccc(C(C)=O)c1.Cl. The number of nitrogen functional groups attached to an aromatic ring is 1. The minimum atomic E-state index is -3.86. The van der Waals surface area contributed by atoms with Gasteiger partial charge in [0, 0.05) is 35.3 Å². The number of ether oxygens (including phenoxy) is 2. The Morgan fingerprint density at radius 2 is 1.04 bits per heavy atom. The number of methoxy groups -OCH3 is 2. The number of carbonyl (C=O) groups is 2. The summed E-state index contributed by atoms with van der Waals surface area (Å²) in [6, 6.07) is 34.3. The van der Waals surface area contributed by atoms with E-state index >= 15 is 8.78 Å². The molecule has 0 aliphatic heterocycles. The van der Waals surface area contributed by atoms with Crippen LogP contribution in [0.15, 0.2) is 121 Å². The summed E-state index contributed by atoms with van der Waals surface area (Å²) in [4.78, 5) is 23.4. The Balaban J connectivity index is 0.000000251. The molecule has 6 aromatic carbocycles. The van der Waals surface area contributed by atoms with Crippen molar-refractivity contribution >= 4 is 45.6 Å². The van der Waals surface area contributed by atoms with Crippen molar-refractivity contribution in [3.63, 3.8) is 0 Å². The zero-order valence-electron chi connectivity index (χ0n) is 31.6. The lowest BCUT2D eigenvalue weighted by atomic mass is 9.95. The zero-order valence-corrected chi connectivity index (χ0v) is 33.3. The first kappa shape index (κ1) is 43.6. The molecule has 6 aromatic rings. The molecule has 0 bridgehead atoms. The summed E-state index contributed by atoms with van der Waals surface area (Å²) in [5.74, 6) is -0.164. The van der Waals surface area contributed by atoms with E-state index in [4.69, 9.17) is 20.3 Å². The number of halogens is 3. The third-order valence-corrected chi connectivity index (χ3v) is 9.43. The second-order valence-corrected chi connectivity index (χ2v) is 14.2. The molecule has 0 saturated heterocycles. The molecule has 0 aliphatic carbocycles. The van der Waals surface area contributed by atoms with Gasteiger partial charge in [-0.05, 0) is 95.8 Å². The Bertz CT molecular complexity index is 2500. The molecule has 0 fully saturated rings. The Kier molecular flexibility index (Phi) is 14.7. The summed E-state index contributed by atoms with van der Waals surface area (Å²) in [6.45, 7) is 2.95. The predicted molar refractivity (Wildman–Crippen MR) is 224 cm³/mol. The molecule has 0 radical (unpaired) electrons. The number of carbonyl (C=O) groups excluding carboxylic acids is 2. The van der Waals surface area contributed by atoms with Gasteiger partial charge in [-0.2, -0.15) is 8.42 Å². The Morgan fingerprint density at radius 1 is 0.632 bits per heavy atom. The largest absolute Gasteiger partial charge is 0.496 e. The molecular weight excluding hydrogens is 772 g/mol. The quantitative estimate of drug-likeness (QED) is 0.0824. The van der Waals surface area contributed by atoms with E-state index in [0.717, 1.165) is 11.1 Å². The van der Waals surface area contributed by atoms with Gasteiger partial charge in [0.15, 0.2) is 11.6 Å². The number of nitrogens with one attached hydrogen (secondary N) is 1. The molecule has 0 amide bonds. The van der Waals surface area contributed by atoms with Gasteiger partial charge in [0.05, 0.1) is 25.3 Å². The van der Waals surface area contributed by atoms with Gasteiger partial charge < -0.3 is 15.2 Å². The summed E-state index contributed by atoms with van der Waals surface area (Å²) in [5.41, 5.74) is 12.3. The maximum Gasteiger partial charge on any atom is 0.296 e. The van der Waals surface area contributed by atoms with E-state index in [1.165, 1.54) is 28.1 Å². The van der Waals surface area contributed by atoms with Crippen LogP contribution in [0.5, 0.6) is 11.5 Å². The molecular formula is C44H42ClF2N3O6S. The molecule has 0 unspecified atom stereocenters. The van der Waals surface area contributed by atoms with Crippen molar-refractivity contribution in [1.29, 1.82) is 0 Å². The molecule has 9 nitrogen and oxygen atoms in total. The summed E-state index contributed by atoms with van der Waals surface area (Å²) < 4.78 is 65.9. The van der Waals surface area contributed by atoms with E-state index < -0.39 is 16.0 Å². The monoisotopic (exact) mass is 813 g/mol. The van der Waals surface area contributed by atoms with Crippen LogP contribution in [-0.2, 0) is 23.1 Å². The van der Waals surface area contributed by atoms with Crippen LogP contribution in [0, 0.1) is 11.6 Å². The zero-order chi connectivity index (χ0) is 40.6. The van der Waals surface area contributed by atoms with E-state index in [1.54, 1.807) is 109 Å². The first-order chi connectivity index (χ1) is 26.7. The molecule has 0 spiro atoms. The van der Waals surface area contributed by atoms with Crippen molar-refractivity contribution in [2.24, 2.45) is 5.14 Å². The van der Waals surface area contributed by atoms with E-state index in [1.807, 2.05) is 12.1 Å². The maximum atomic E-state index is 15.5. The highest BCUT2D eigenvalue weighted by Crippen LogP contribution is 2.37. The molecule has 0 aliphatic rings. The average Bonchev–Trinajstić information content (AvgIpc) is 3.17. The van der Waals surface area contributed by atoms with Gasteiger partial charge in [-0.25, -0.2) is 13.9 Å². The highest BCUT2D eigenvalue weighted by molar-refractivity contribution is 7.90. The fourth-order valence-corrected chi connectivity index (χ4v) is 6.54. The van der Waals surface area contributed by atoms with Gasteiger partial charge in [0.1, 0.15) is 23.1 Å². The van der Waals surface area contributed by atoms with Crippen LogP contribution in [-0.4, -0.2) is 34.2 Å². The molecule has 57 heavy (non-hydrogen) atoms. The number of rotatable bonds is 12. The smallest absolute Gasteiger partial charge is 0.296 e. The van der Waals surface area contributed by atoms with E-state index in [9.17, 15) is 18.0 Å². The summed E-state index contributed by atoms with van der Waals surface area (Å²) in [7, 11) is -0.888. The van der Waals surface area contributed by atoms with Crippen LogP contribution in [0.4, 0.5) is 20.2 Å². The topological polar surface area (TPSA) is 151 Å². The summed E-state index contributed by atoms with van der Waals surface area (Å²) in [5, 5.41) is 4.96. The van der Waals surface area contributed by atoms with Crippen molar-refractivity contribution in [1.82, 2.24) is 0 Å². The normalized spacial score (nSPS) is 10.7. The number of nitrogens with two attached hydrogens (primary N) is 2. The average molecular weight is 814 g/mol. The first-order valence-corrected chi connectivity index (χ1v) is 18.9. The molecule has 0 atom stereocenters. The molecule has 6 rings (SSSR count). The Labute approximate surface area is 337 Å². The fourth-order valence-electron chi connectivity index (χ4n) is 6.07. The van der Waals surface area contributed by atoms with Crippen LogP contribution < -0.4 is 25.1 Å². The van der Waals surface area contributed by atoms with Gasteiger partial charge in [-0.15, -0.1) is 12.4 Å². The number of benzene rings is 6. The van der Waals surface area contributed by atoms with Crippen molar-refractivity contribution < 1.29 is 36.3 Å².